The zero-order valence-electron chi connectivity index (χ0n) is 6.39. The number of hydrazone groups is 1. The number of hydrogen-bond acceptors (Lipinski definition) is 6. The highest BCUT2D eigenvalue weighted by Gasteiger charge is 2.21. The van der Waals surface area contributed by atoms with E-state index < -0.39 is 25.5 Å². The lowest BCUT2D eigenvalue weighted by Gasteiger charge is -2.17. The Morgan fingerprint density at radius 1 is 1.29 bits per heavy atom. The van der Waals surface area contributed by atoms with Crippen molar-refractivity contribution in [3.05, 3.63) is 12.3 Å². The van der Waals surface area contributed by atoms with Crippen LogP contribution in [0.4, 0.5) is 0 Å². The molecule has 0 unspecified atom stereocenters. The molecule has 0 aliphatic carbocycles. The molecule has 1 heterocycles. The predicted molar refractivity (Wildman–Crippen MR) is 44.6 cm³/mol. The molecule has 0 spiro atoms. The topological polar surface area (TPSA) is 136 Å². The zero-order chi connectivity index (χ0) is 11.0. The van der Waals surface area contributed by atoms with Crippen LogP contribution in [0.5, 0.6) is 0 Å². The van der Waals surface area contributed by atoms with Gasteiger partial charge in [-0.2, -0.15) is 16.8 Å². The van der Waals surface area contributed by atoms with E-state index in [4.69, 9.17) is 9.11 Å². The monoisotopic (exact) mass is 243 g/mol. The van der Waals surface area contributed by atoms with Crippen molar-refractivity contribution in [1.82, 2.24) is 9.95 Å². The third-order valence-corrected chi connectivity index (χ3v) is 2.58. The number of rotatable bonds is 1. The molecular formula is C3H5N3O6S2. The summed E-state index contributed by atoms with van der Waals surface area (Å²) in [5.41, 5.74) is 1.67. The molecular weight excluding hydrogens is 238 g/mol. The molecule has 0 saturated heterocycles. The van der Waals surface area contributed by atoms with Crippen LogP contribution in [0, 0.1) is 0 Å². The normalized spacial score (nSPS) is 17.6. The van der Waals surface area contributed by atoms with E-state index in [0.717, 1.165) is 0 Å². The van der Waals surface area contributed by atoms with Crippen molar-refractivity contribution in [2.45, 2.75) is 0 Å². The first-order valence-electron chi connectivity index (χ1n) is 2.97. The Hall–Kier alpha value is -1.17. The van der Waals surface area contributed by atoms with Crippen LogP contribution in [-0.2, 0) is 20.4 Å². The minimum atomic E-state index is -4.54. The highest BCUT2D eigenvalue weighted by atomic mass is 32.2. The molecule has 0 atom stereocenters. The van der Waals surface area contributed by atoms with Gasteiger partial charge in [-0.3, -0.25) is 9.11 Å². The Kier molecular flexibility index (Phi) is 2.49. The van der Waals surface area contributed by atoms with E-state index in [-0.39, 0.29) is 4.41 Å². The first-order valence-corrected chi connectivity index (χ1v) is 5.81. The molecule has 11 heteroatoms. The molecule has 0 aromatic rings. The quantitative estimate of drug-likeness (QED) is 0.468. The Balaban J connectivity index is 2.94. The maximum Gasteiger partial charge on any atom is 0.378 e. The van der Waals surface area contributed by atoms with E-state index >= 15 is 0 Å². The largest absolute Gasteiger partial charge is 0.378 e. The van der Waals surface area contributed by atoms with Gasteiger partial charge in [0.25, 0.3) is 0 Å². The Bertz CT molecular complexity index is 486. The van der Waals surface area contributed by atoms with Crippen LogP contribution in [0.25, 0.3) is 0 Å². The first-order chi connectivity index (χ1) is 6.21. The van der Waals surface area contributed by atoms with Crippen molar-refractivity contribution in [2.75, 3.05) is 0 Å². The summed E-state index contributed by atoms with van der Waals surface area (Å²) in [4.78, 5) is 0. The minimum Gasteiger partial charge on any atom is -0.281 e. The molecule has 0 bridgehead atoms. The maximum atomic E-state index is 10.4. The Morgan fingerprint density at radius 2 is 1.86 bits per heavy atom. The van der Waals surface area contributed by atoms with Gasteiger partial charge in [-0.25, -0.2) is 5.53 Å². The lowest BCUT2D eigenvalue weighted by atomic mass is 10.6. The molecule has 0 fully saturated rings. The molecule has 14 heavy (non-hydrogen) atoms. The van der Waals surface area contributed by atoms with Gasteiger partial charge in [0.05, 0.1) is 0 Å². The van der Waals surface area contributed by atoms with Gasteiger partial charge >= 0.3 is 20.4 Å². The van der Waals surface area contributed by atoms with Crippen molar-refractivity contribution in [3.63, 3.8) is 0 Å². The fraction of sp³-hybridized carbons (Fsp3) is 0. The van der Waals surface area contributed by atoms with Crippen molar-refractivity contribution in [1.29, 1.82) is 0 Å². The van der Waals surface area contributed by atoms with E-state index in [0.29, 0.717) is 12.3 Å². The summed E-state index contributed by atoms with van der Waals surface area (Å²) in [6.07, 6.45) is 1.37. The highest BCUT2D eigenvalue weighted by molar-refractivity contribution is 8.02. The van der Waals surface area contributed by atoms with Gasteiger partial charge in [0.1, 0.15) is 0 Å². The van der Waals surface area contributed by atoms with Gasteiger partial charge in [-0.05, 0) is 6.08 Å². The smallest absolute Gasteiger partial charge is 0.281 e. The lowest BCUT2D eigenvalue weighted by Crippen LogP contribution is -2.38. The summed E-state index contributed by atoms with van der Waals surface area (Å²) in [5.74, 6) is 0. The van der Waals surface area contributed by atoms with E-state index in [1.54, 1.807) is 5.53 Å². The average molecular weight is 243 g/mol. The SMILES string of the molecule is O=S(=O)(O)C1=NNN(S(=O)(=O)O)C=C1. The van der Waals surface area contributed by atoms with Crippen LogP contribution in [0.15, 0.2) is 17.4 Å². The summed E-state index contributed by atoms with van der Waals surface area (Å²) < 4.78 is 58.8. The van der Waals surface area contributed by atoms with Gasteiger partial charge < -0.3 is 0 Å². The van der Waals surface area contributed by atoms with E-state index in [1.165, 1.54) is 0 Å². The summed E-state index contributed by atoms with van der Waals surface area (Å²) in [6.45, 7) is 0. The highest BCUT2D eigenvalue weighted by Crippen LogP contribution is 2.02. The second-order valence-corrected chi connectivity index (χ2v) is 4.77. The third-order valence-electron chi connectivity index (χ3n) is 1.12. The second kappa shape index (κ2) is 3.20. The Morgan fingerprint density at radius 3 is 2.14 bits per heavy atom. The second-order valence-electron chi connectivity index (χ2n) is 2.11. The zero-order valence-corrected chi connectivity index (χ0v) is 8.03. The molecule has 9 nitrogen and oxygen atoms in total. The predicted octanol–water partition coefficient (Wildman–Crippen LogP) is -1.68. The summed E-state index contributed by atoms with van der Waals surface area (Å²) >= 11 is 0. The summed E-state index contributed by atoms with van der Waals surface area (Å²) in [7, 11) is -9.04. The number of hydrogen-bond donors (Lipinski definition) is 3. The first kappa shape index (κ1) is 10.9. The molecule has 0 radical (unpaired) electrons. The average Bonchev–Trinajstić information content (AvgIpc) is 2.01. The molecule has 0 aromatic heterocycles. The summed E-state index contributed by atoms with van der Waals surface area (Å²) in [6, 6.07) is 0. The van der Waals surface area contributed by atoms with Crippen molar-refractivity contribution >= 4 is 25.5 Å². The van der Waals surface area contributed by atoms with Crippen molar-refractivity contribution in [3.8, 4) is 0 Å². The molecule has 0 amide bonds. The van der Waals surface area contributed by atoms with Crippen LogP contribution in [0.2, 0.25) is 0 Å². The van der Waals surface area contributed by atoms with Gasteiger partial charge in [-0.15, -0.1) is 9.52 Å². The molecule has 3 N–H and O–H groups in total. The lowest BCUT2D eigenvalue weighted by molar-refractivity contribution is 0.349. The number of nitrogens with zero attached hydrogens (tertiary/aromatic N) is 2. The van der Waals surface area contributed by atoms with Crippen LogP contribution in [-0.4, -0.2) is 35.4 Å². The van der Waals surface area contributed by atoms with E-state index in [2.05, 4.69) is 5.10 Å². The van der Waals surface area contributed by atoms with Gasteiger partial charge in [0, 0.05) is 6.20 Å². The third kappa shape index (κ3) is 2.41. The molecule has 0 aromatic carbocycles. The standard InChI is InChI=1S/C3H5N3O6S2/c7-13(8,9)3-1-2-6(5-4-3)14(10,11)12/h1-2,5H,(H,7,8,9)(H,10,11,12). The van der Waals surface area contributed by atoms with Crippen LogP contribution >= 0.6 is 0 Å². The molecule has 1 rings (SSSR count). The molecule has 0 saturated carbocycles. The van der Waals surface area contributed by atoms with Crippen LogP contribution < -0.4 is 5.53 Å². The van der Waals surface area contributed by atoms with Gasteiger partial charge in [-0.1, -0.05) is 0 Å². The van der Waals surface area contributed by atoms with Crippen molar-refractivity contribution in [2.24, 2.45) is 5.10 Å². The molecule has 1 aliphatic rings. The Labute approximate surface area is 79.3 Å². The van der Waals surface area contributed by atoms with Crippen LogP contribution in [0.3, 0.4) is 0 Å². The fourth-order valence-electron chi connectivity index (χ4n) is 0.573. The van der Waals surface area contributed by atoms with Gasteiger partial charge in [0.2, 0.25) is 5.04 Å². The minimum absolute atomic E-state index is 0.154. The number of nitrogens with one attached hydrogen (secondary N) is 1. The van der Waals surface area contributed by atoms with E-state index in [1.807, 2.05) is 0 Å². The fourth-order valence-corrected chi connectivity index (χ4v) is 1.32. The number of hydrazine groups is 1. The van der Waals surface area contributed by atoms with Gasteiger partial charge in [0.15, 0.2) is 0 Å². The molecule has 80 valence electrons. The summed E-state index contributed by atoms with van der Waals surface area (Å²) in [5, 5.41) is 2.21. The maximum absolute atomic E-state index is 10.4. The molecule has 1 aliphatic heterocycles. The van der Waals surface area contributed by atoms with E-state index in [9.17, 15) is 16.8 Å². The van der Waals surface area contributed by atoms with Crippen molar-refractivity contribution < 1.29 is 25.9 Å². The van der Waals surface area contributed by atoms with Crippen LogP contribution in [0.1, 0.15) is 0 Å².